The van der Waals surface area contributed by atoms with Gasteiger partial charge in [-0.1, -0.05) is 0 Å². The van der Waals surface area contributed by atoms with E-state index in [0.29, 0.717) is 49.1 Å². The van der Waals surface area contributed by atoms with Crippen molar-refractivity contribution < 1.29 is 23.0 Å². The number of nitrogens with one attached hydrogen (secondary N) is 1. The number of carbonyl (C=O) groups excluding carboxylic acids is 1. The molecule has 1 heterocycles. The summed E-state index contributed by atoms with van der Waals surface area (Å²) < 4.78 is 37.4. The third-order valence-corrected chi connectivity index (χ3v) is 4.47. The van der Waals surface area contributed by atoms with E-state index < -0.39 is 11.6 Å². The van der Waals surface area contributed by atoms with Crippen molar-refractivity contribution in [2.75, 3.05) is 50.6 Å². The van der Waals surface area contributed by atoms with Crippen molar-refractivity contribution in [2.24, 2.45) is 0 Å². The quantitative estimate of drug-likeness (QED) is 0.888. The van der Waals surface area contributed by atoms with Crippen molar-refractivity contribution >= 4 is 17.4 Å². The van der Waals surface area contributed by atoms with Gasteiger partial charge in [0.25, 0.3) is 0 Å². The standard InChI is InChI=1S/C19H21F2N3O3/c1-26-14-4-6-18(27-2)16(12-14)22-19(25)24-9-7-23(8-10-24)17-5-3-13(20)11-15(17)21/h3-6,11-12H,7-10H2,1-2H3,(H,22,25). The van der Waals surface area contributed by atoms with Crippen LogP contribution < -0.4 is 19.7 Å². The zero-order valence-electron chi connectivity index (χ0n) is 15.2. The number of halogens is 2. The molecular weight excluding hydrogens is 356 g/mol. The van der Waals surface area contributed by atoms with Crippen LogP contribution >= 0.6 is 0 Å². The molecule has 0 radical (unpaired) electrons. The topological polar surface area (TPSA) is 54.0 Å². The Morgan fingerprint density at radius 2 is 1.74 bits per heavy atom. The molecule has 0 bridgehead atoms. The van der Waals surface area contributed by atoms with Crippen LogP contribution in [-0.4, -0.2) is 51.3 Å². The fraction of sp³-hybridized carbons (Fsp3) is 0.316. The molecule has 27 heavy (non-hydrogen) atoms. The number of benzene rings is 2. The molecule has 0 atom stereocenters. The molecule has 0 aromatic heterocycles. The van der Waals surface area contributed by atoms with Crippen LogP contribution in [0.15, 0.2) is 36.4 Å². The number of carbonyl (C=O) groups is 1. The summed E-state index contributed by atoms with van der Waals surface area (Å²) in [5, 5.41) is 2.82. The van der Waals surface area contributed by atoms with Crippen molar-refractivity contribution in [3.63, 3.8) is 0 Å². The SMILES string of the molecule is COc1ccc(OC)c(NC(=O)N2CCN(c3ccc(F)cc3F)CC2)c1. The Balaban J connectivity index is 1.63. The summed E-state index contributed by atoms with van der Waals surface area (Å²) in [5.41, 5.74) is 0.847. The molecule has 0 saturated carbocycles. The number of urea groups is 1. The first kappa shape index (κ1) is 18.8. The van der Waals surface area contributed by atoms with E-state index in [-0.39, 0.29) is 6.03 Å². The van der Waals surface area contributed by atoms with E-state index >= 15 is 0 Å². The first-order valence-corrected chi connectivity index (χ1v) is 8.50. The maximum Gasteiger partial charge on any atom is 0.322 e. The molecular formula is C19H21F2N3O3. The maximum atomic E-state index is 13.9. The van der Waals surface area contributed by atoms with Gasteiger partial charge >= 0.3 is 6.03 Å². The smallest absolute Gasteiger partial charge is 0.322 e. The predicted molar refractivity (Wildman–Crippen MR) is 98.7 cm³/mol. The van der Waals surface area contributed by atoms with Crippen LogP contribution in [0.5, 0.6) is 11.5 Å². The largest absolute Gasteiger partial charge is 0.497 e. The van der Waals surface area contributed by atoms with Gasteiger partial charge in [-0.05, 0) is 24.3 Å². The van der Waals surface area contributed by atoms with Crippen LogP contribution in [0.3, 0.4) is 0 Å². The number of anilines is 2. The summed E-state index contributed by atoms with van der Waals surface area (Å²) in [5.74, 6) is -0.0885. The molecule has 0 spiro atoms. The number of hydrogen-bond donors (Lipinski definition) is 1. The Hall–Kier alpha value is -3.03. The van der Waals surface area contributed by atoms with Crippen molar-refractivity contribution in [1.82, 2.24) is 4.90 Å². The molecule has 144 valence electrons. The van der Waals surface area contributed by atoms with Crippen LogP contribution in [0.25, 0.3) is 0 Å². The number of methoxy groups -OCH3 is 2. The lowest BCUT2D eigenvalue weighted by Gasteiger charge is -2.36. The van der Waals surface area contributed by atoms with Crippen molar-refractivity contribution in [1.29, 1.82) is 0 Å². The Kier molecular flexibility index (Phi) is 5.63. The Morgan fingerprint density at radius 3 is 2.37 bits per heavy atom. The Morgan fingerprint density at radius 1 is 1.00 bits per heavy atom. The summed E-state index contributed by atoms with van der Waals surface area (Å²) in [6.45, 7) is 1.72. The summed E-state index contributed by atoms with van der Waals surface area (Å²) in [4.78, 5) is 16.0. The summed E-state index contributed by atoms with van der Waals surface area (Å²) in [7, 11) is 3.06. The monoisotopic (exact) mass is 377 g/mol. The molecule has 1 N–H and O–H groups in total. The first-order valence-electron chi connectivity index (χ1n) is 8.50. The van der Waals surface area contributed by atoms with Crippen LogP contribution in [-0.2, 0) is 0 Å². The second kappa shape index (κ2) is 8.11. The van der Waals surface area contributed by atoms with Crippen molar-refractivity contribution in [3.05, 3.63) is 48.0 Å². The predicted octanol–water partition coefficient (Wildman–Crippen LogP) is 3.34. The molecule has 0 unspecified atom stereocenters. The maximum absolute atomic E-state index is 13.9. The van der Waals surface area contributed by atoms with Gasteiger partial charge in [-0.3, -0.25) is 0 Å². The molecule has 1 fully saturated rings. The molecule has 1 aliphatic rings. The minimum atomic E-state index is -0.610. The molecule has 2 aromatic rings. The van der Waals surface area contributed by atoms with Crippen LogP contribution in [0.1, 0.15) is 0 Å². The summed E-state index contributed by atoms with van der Waals surface area (Å²) in [6, 6.07) is 8.37. The van der Waals surface area contributed by atoms with Gasteiger partial charge in [-0.15, -0.1) is 0 Å². The van der Waals surface area contributed by atoms with Crippen molar-refractivity contribution in [2.45, 2.75) is 0 Å². The van der Waals surface area contributed by atoms with Gasteiger partial charge in [-0.2, -0.15) is 0 Å². The zero-order valence-corrected chi connectivity index (χ0v) is 15.2. The summed E-state index contributed by atoms with van der Waals surface area (Å²) in [6.07, 6.45) is 0. The zero-order chi connectivity index (χ0) is 19.4. The summed E-state index contributed by atoms with van der Waals surface area (Å²) >= 11 is 0. The molecule has 2 aromatic carbocycles. The van der Waals surface area contributed by atoms with E-state index in [1.54, 1.807) is 35.1 Å². The highest BCUT2D eigenvalue weighted by Gasteiger charge is 2.23. The fourth-order valence-corrected chi connectivity index (χ4v) is 2.99. The molecule has 1 aliphatic heterocycles. The Bertz CT molecular complexity index is 824. The normalized spacial score (nSPS) is 14.1. The second-order valence-electron chi connectivity index (χ2n) is 6.07. The third kappa shape index (κ3) is 4.21. The van der Waals surface area contributed by atoms with E-state index in [4.69, 9.17) is 9.47 Å². The number of piperazine rings is 1. The Labute approximate surface area is 156 Å². The highest BCUT2D eigenvalue weighted by molar-refractivity contribution is 5.91. The fourth-order valence-electron chi connectivity index (χ4n) is 2.99. The van der Waals surface area contributed by atoms with Crippen LogP contribution in [0.2, 0.25) is 0 Å². The van der Waals surface area contributed by atoms with Gasteiger partial charge in [-0.25, -0.2) is 13.6 Å². The van der Waals surface area contributed by atoms with Crippen LogP contribution in [0.4, 0.5) is 25.0 Å². The van der Waals surface area contributed by atoms with E-state index in [0.717, 1.165) is 6.07 Å². The van der Waals surface area contributed by atoms with Gasteiger partial charge in [0.05, 0.1) is 25.6 Å². The van der Waals surface area contributed by atoms with E-state index in [1.807, 2.05) is 0 Å². The van der Waals surface area contributed by atoms with E-state index in [2.05, 4.69) is 5.32 Å². The lowest BCUT2D eigenvalue weighted by atomic mass is 10.2. The van der Waals surface area contributed by atoms with Crippen molar-refractivity contribution in [3.8, 4) is 11.5 Å². The van der Waals surface area contributed by atoms with Gasteiger partial charge in [0.2, 0.25) is 0 Å². The average Bonchev–Trinajstić information content (AvgIpc) is 2.68. The van der Waals surface area contributed by atoms with Crippen LogP contribution in [0, 0.1) is 11.6 Å². The molecule has 2 amide bonds. The molecule has 0 aliphatic carbocycles. The van der Waals surface area contributed by atoms with Gasteiger partial charge in [0.15, 0.2) is 0 Å². The highest BCUT2D eigenvalue weighted by atomic mass is 19.1. The lowest BCUT2D eigenvalue weighted by molar-refractivity contribution is 0.208. The molecule has 3 rings (SSSR count). The number of hydrogen-bond acceptors (Lipinski definition) is 4. The average molecular weight is 377 g/mol. The van der Waals surface area contributed by atoms with E-state index in [9.17, 15) is 13.6 Å². The molecule has 1 saturated heterocycles. The number of amides is 2. The minimum Gasteiger partial charge on any atom is -0.497 e. The number of rotatable bonds is 4. The minimum absolute atomic E-state index is 0.277. The number of ether oxygens (including phenoxy) is 2. The van der Waals surface area contributed by atoms with Gasteiger partial charge in [0.1, 0.15) is 23.1 Å². The highest BCUT2D eigenvalue weighted by Crippen LogP contribution is 2.29. The number of nitrogens with zero attached hydrogens (tertiary/aromatic N) is 2. The molecule has 8 heteroatoms. The van der Waals surface area contributed by atoms with Gasteiger partial charge < -0.3 is 24.6 Å². The molecule has 6 nitrogen and oxygen atoms in total. The first-order chi connectivity index (χ1) is 13.0. The third-order valence-electron chi connectivity index (χ3n) is 4.47. The van der Waals surface area contributed by atoms with Gasteiger partial charge in [0, 0.05) is 38.3 Å². The lowest BCUT2D eigenvalue weighted by Crippen LogP contribution is -2.50. The second-order valence-corrected chi connectivity index (χ2v) is 6.07. The van der Waals surface area contributed by atoms with E-state index in [1.165, 1.54) is 19.2 Å².